The number of nitrogens with zero attached hydrogens (tertiary/aromatic N) is 1. The maximum Gasteiger partial charge on any atom is 0.0714 e. The van der Waals surface area contributed by atoms with Crippen LogP contribution in [0.1, 0.15) is 72.2 Å². The number of fused-ring (bicyclic) bond motifs is 9. The van der Waals surface area contributed by atoms with Crippen molar-refractivity contribution >= 4 is 17.1 Å². The van der Waals surface area contributed by atoms with Crippen molar-refractivity contribution in [1.82, 2.24) is 0 Å². The maximum atomic E-state index is 2.53. The highest BCUT2D eigenvalue weighted by Gasteiger charge is 2.47. The first-order chi connectivity index (χ1) is 30.3. The Balaban J connectivity index is 1.14. The number of benzene rings is 9. The summed E-state index contributed by atoms with van der Waals surface area (Å²) in [5.41, 5.74) is 23.6. The molecule has 1 nitrogen and oxygen atoms in total. The van der Waals surface area contributed by atoms with Crippen molar-refractivity contribution in [3.05, 3.63) is 257 Å². The molecular formula is C61H47N. The van der Waals surface area contributed by atoms with E-state index < -0.39 is 5.41 Å². The molecule has 0 saturated heterocycles. The van der Waals surface area contributed by atoms with E-state index in [1.807, 2.05) is 0 Å². The molecule has 3 aliphatic carbocycles. The Bertz CT molecular complexity index is 3080. The molecule has 3 aliphatic rings. The van der Waals surface area contributed by atoms with Gasteiger partial charge in [0.05, 0.1) is 5.41 Å². The second-order valence-electron chi connectivity index (χ2n) is 18.4. The van der Waals surface area contributed by atoms with Gasteiger partial charge in [-0.3, -0.25) is 0 Å². The third-order valence-corrected chi connectivity index (χ3v) is 14.6. The van der Waals surface area contributed by atoms with Crippen LogP contribution in [-0.4, -0.2) is 0 Å². The minimum Gasteiger partial charge on any atom is -0.310 e. The third kappa shape index (κ3) is 5.03. The molecule has 0 atom stereocenters. The maximum absolute atomic E-state index is 2.53. The predicted molar refractivity (Wildman–Crippen MR) is 259 cm³/mol. The van der Waals surface area contributed by atoms with Gasteiger partial charge in [0.2, 0.25) is 0 Å². The molecule has 0 saturated carbocycles. The van der Waals surface area contributed by atoms with Gasteiger partial charge in [0.15, 0.2) is 0 Å². The first-order valence-electron chi connectivity index (χ1n) is 22.0. The summed E-state index contributed by atoms with van der Waals surface area (Å²) in [6.07, 6.45) is 0. The van der Waals surface area contributed by atoms with Crippen LogP contribution in [0, 0.1) is 0 Å². The molecule has 0 heterocycles. The van der Waals surface area contributed by atoms with Crippen LogP contribution in [0.5, 0.6) is 0 Å². The standard InChI is InChI=1S/C61H47N/c1-59(2)52-28-16-14-25-47(52)49-34-31-43(37-55(49)59)62(44-32-35-50-48-26-15-17-29-53(48)60(3,4)56(50)38-44)45-33-36-51-57(39-45)61(41-21-10-6-11-22-41,42-23-12-7-13-24-42)54-30-18-27-46(58(51)54)40-19-8-5-9-20-40/h5-39H,1-4H3. The summed E-state index contributed by atoms with van der Waals surface area (Å²) < 4.78 is 0. The summed E-state index contributed by atoms with van der Waals surface area (Å²) in [7, 11) is 0. The Labute approximate surface area is 365 Å². The van der Waals surface area contributed by atoms with E-state index in [-0.39, 0.29) is 10.8 Å². The van der Waals surface area contributed by atoms with Crippen molar-refractivity contribution in [2.45, 2.75) is 43.9 Å². The Kier molecular flexibility index (Phi) is 7.91. The van der Waals surface area contributed by atoms with Gasteiger partial charge in [-0.05, 0) is 125 Å². The van der Waals surface area contributed by atoms with Crippen LogP contribution in [-0.2, 0) is 16.2 Å². The highest BCUT2D eigenvalue weighted by Crippen LogP contribution is 2.60. The van der Waals surface area contributed by atoms with Crippen LogP contribution in [0.3, 0.4) is 0 Å². The summed E-state index contributed by atoms with van der Waals surface area (Å²) >= 11 is 0. The largest absolute Gasteiger partial charge is 0.310 e. The molecule has 0 N–H and O–H groups in total. The fourth-order valence-electron chi connectivity index (χ4n) is 11.6. The van der Waals surface area contributed by atoms with Gasteiger partial charge in [-0.2, -0.15) is 0 Å². The molecule has 296 valence electrons. The monoisotopic (exact) mass is 793 g/mol. The lowest BCUT2D eigenvalue weighted by atomic mass is 9.67. The number of anilines is 3. The van der Waals surface area contributed by atoms with Gasteiger partial charge in [0, 0.05) is 27.9 Å². The Morgan fingerprint density at radius 2 is 0.677 bits per heavy atom. The zero-order valence-electron chi connectivity index (χ0n) is 35.7. The molecule has 9 aromatic rings. The summed E-state index contributed by atoms with van der Waals surface area (Å²) in [6.45, 7) is 9.52. The average molecular weight is 794 g/mol. The smallest absolute Gasteiger partial charge is 0.0714 e. The van der Waals surface area contributed by atoms with E-state index in [9.17, 15) is 0 Å². The van der Waals surface area contributed by atoms with Crippen molar-refractivity contribution < 1.29 is 0 Å². The molecule has 12 rings (SSSR count). The lowest BCUT2D eigenvalue weighted by Crippen LogP contribution is -2.28. The van der Waals surface area contributed by atoms with Gasteiger partial charge in [-0.25, -0.2) is 0 Å². The van der Waals surface area contributed by atoms with E-state index >= 15 is 0 Å². The van der Waals surface area contributed by atoms with Crippen LogP contribution in [0.2, 0.25) is 0 Å². The zero-order valence-corrected chi connectivity index (χ0v) is 35.7. The van der Waals surface area contributed by atoms with Crippen molar-refractivity contribution in [3.63, 3.8) is 0 Å². The summed E-state index contributed by atoms with van der Waals surface area (Å²) in [5.74, 6) is 0. The normalized spacial score (nSPS) is 15.2. The van der Waals surface area contributed by atoms with E-state index in [1.54, 1.807) is 0 Å². The van der Waals surface area contributed by atoms with Gasteiger partial charge < -0.3 is 4.90 Å². The minimum atomic E-state index is -0.567. The Hall–Kier alpha value is -7.22. The summed E-state index contributed by atoms with van der Waals surface area (Å²) in [6, 6.07) is 79.8. The topological polar surface area (TPSA) is 3.24 Å². The number of rotatable bonds is 6. The van der Waals surface area contributed by atoms with E-state index in [0.29, 0.717) is 0 Å². The summed E-state index contributed by atoms with van der Waals surface area (Å²) in [4.78, 5) is 2.53. The molecule has 62 heavy (non-hydrogen) atoms. The predicted octanol–water partition coefficient (Wildman–Crippen LogP) is 15.8. The van der Waals surface area contributed by atoms with Crippen molar-refractivity contribution in [2.75, 3.05) is 4.90 Å². The van der Waals surface area contributed by atoms with Crippen molar-refractivity contribution in [2.24, 2.45) is 0 Å². The molecule has 0 aromatic heterocycles. The lowest BCUT2D eigenvalue weighted by Gasteiger charge is -2.35. The SMILES string of the molecule is CC1(C)c2ccccc2-c2ccc(N(c3ccc4c(c3)C(C)(C)c3ccccc3-4)c3ccc4c(c3)C(c3ccccc3)(c3ccccc3)c3cccc(-c5ccccc5)c3-4)cc21. The number of hydrogen-bond acceptors (Lipinski definition) is 1. The molecule has 9 aromatic carbocycles. The highest BCUT2D eigenvalue weighted by molar-refractivity contribution is 5.97. The average Bonchev–Trinajstić information content (AvgIpc) is 3.84. The fourth-order valence-corrected chi connectivity index (χ4v) is 11.6. The van der Waals surface area contributed by atoms with Gasteiger partial charge in [-0.1, -0.05) is 204 Å². The second-order valence-corrected chi connectivity index (χ2v) is 18.4. The lowest BCUT2D eigenvalue weighted by molar-refractivity contribution is 0.660. The number of hydrogen-bond donors (Lipinski definition) is 0. The van der Waals surface area contributed by atoms with Crippen molar-refractivity contribution in [1.29, 1.82) is 0 Å². The van der Waals surface area contributed by atoms with Gasteiger partial charge in [-0.15, -0.1) is 0 Å². The first-order valence-corrected chi connectivity index (χ1v) is 22.0. The van der Waals surface area contributed by atoms with Gasteiger partial charge >= 0.3 is 0 Å². The molecule has 1 heteroatoms. The molecular weight excluding hydrogens is 747 g/mol. The fraction of sp³-hybridized carbons (Fsp3) is 0.115. The molecule has 0 bridgehead atoms. The Morgan fingerprint density at radius 1 is 0.290 bits per heavy atom. The first kappa shape index (κ1) is 36.6. The molecule has 0 radical (unpaired) electrons. The highest BCUT2D eigenvalue weighted by atomic mass is 15.1. The van der Waals surface area contributed by atoms with Crippen LogP contribution < -0.4 is 4.90 Å². The molecule has 0 fully saturated rings. The van der Waals surface area contributed by atoms with E-state index in [2.05, 4.69) is 245 Å². The molecule has 0 amide bonds. The van der Waals surface area contributed by atoms with Crippen molar-refractivity contribution in [3.8, 4) is 44.5 Å². The minimum absolute atomic E-state index is 0.141. The second kappa shape index (κ2) is 13.4. The van der Waals surface area contributed by atoms with Crippen LogP contribution >= 0.6 is 0 Å². The third-order valence-electron chi connectivity index (χ3n) is 14.6. The van der Waals surface area contributed by atoms with E-state index in [4.69, 9.17) is 0 Å². The van der Waals surface area contributed by atoms with E-state index in [0.717, 1.165) is 17.1 Å². The van der Waals surface area contributed by atoms with Crippen LogP contribution in [0.15, 0.2) is 212 Å². The molecule has 0 spiro atoms. The van der Waals surface area contributed by atoms with E-state index in [1.165, 1.54) is 89.0 Å². The van der Waals surface area contributed by atoms with Crippen LogP contribution in [0.25, 0.3) is 44.5 Å². The quantitative estimate of drug-likeness (QED) is 0.162. The Morgan fingerprint density at radius 3 is 1.19 bits per heavy atom. The molecule has 0 aliphatic heterocycles. The molecule has 0 unspecified atom stereocenters. The van der Waals surface area contributed by atoms with Crippen LogP contribution in [0.4, 0.5) is 17.1 Å². The van der Waals surface area contributed by atoms with Gasteiger partial charge in [0.25, 0.3) is 0 Å². The summed E-state index contributed by atoms with van der Waals surface area (Å²) in [5, 5.41) is 0. The zero-order chi connectivity index (χ0) is 41.8. The van der Waals surface area contributed by atoms with Gasteiger partial charge in [0.1, 0.15) is 0 Å².